The fourth-order valence-corrected chi connectivity index (χ4v) is 1.36. The summed E-state index contributed by atoms with van der Waals surface area (Å²) in [7, 11) is 0. The fourth-order valence-electron chi connectivity index (χ4n) is 1.36. The van der Waals surface area contributed by atoms with Crippen LogP contribution in [0.5, 0.6) is 0 Å². The predicted molar refractivity (Wildman–Crippen MR) is 46.8 cm³/mol. The molecule has 17 heavy (non-hydrogen) atoms. The minimum atomic E-state index is -4.45. The van der Waals surface area contributed by atoms with Gasteiger partial charge in [0.1, 0.15) is 0 Å². The minimum Gasteiger partial charge on any atom is -0.414 e. The SMILES string of the molecule is O=C1OC(=O)C(c2ccc(C(F)(F)F)cc2)O1. The van der Waals surface area contributed by atoms with Gasteiger partial charge in [-0.1, -0.05) is 12.1 Å². The van der Waals surface area contributed by atoms with Crippen LogP contribution in [-0.4, -0.2) is 12.1 Å². The van der Waals surface area contributed by atoms with E-state index in [2.05, 4.69) is 9.47 Å². The number of carbonyl (C=O) groups excluding carboxylic acids is 2. The summed E-state index contributed by atoms with van der Waals surface area (Å²) in [4.78, 5) is 21.7. The number of ether oxygens (including phenoxy) is 2. The number of benzene rings is 1. The molecule has 1 aromatic rings. The van der Waals surface area contributed by atoms with Crippen molar-refractivity contribution >= 4 is 12.1 Å². The van der Waals surface area contributed by atoms with Crippen molar-refractivity contribution in [2.24, 2.45) is 0 Å². The first-order valence-electron chi connectivity index (χ1n) is 4.47. The molecule has 0 N–H and O–H groups in total. The Labute approximate surface area is 92.9 Å². The molecule has 1 aliphatic heterocycles. The lowest BCUT2D eigenvalue weighted by atomic mass is 10.1. The second-order valence-electron chi connectivity index (χ2n) is 3.29. The Morgan fingerprint density at radius 3 is 2.06 bits per heavy atom. The monoisotopic (exact) mass is 246 g/mol. The summed E-state index contributed by atoms with van der Waals surface area (Å²) in [5, 5.41) is 0. The average Bonchev–Trinajstić information content (AvgIpc) is 2.57. The summed E-state index contributed by atoms with van der Waals surface area (Å²) < 4.78 is 45.4. The average molecular weight is 246 g/mol. The molecule has 1 unspecified atom stereocenters. The molecule has 1 heterocycles. The number of hydrogen-bond donors (Lipinski definition) is 0. The molecule has 0 aromatic heterocycles. The Balaban J connectivity index is 2.24. The van der Waals surface area contributed by atoms with E-state index in [-0.39, 0.29) is 5.56 Å². The molecule has 1 aromatic carbocycles. The van der Waals surface area contributed by atoms with Gasteiger partial charge in [-0.25, -0.2) is 9.59 Å². The first-order valence-corrected chi connectivity index (χ1v) is 4.47. The van der Waals surface area contributed by atoms with E-state index in [1.165, 1.54) is 0 Å². The highest BCUT2D eigenvalue weighted by Gasteiger charge is 2.37. The van der Waals surface area contributed by atoms with Crippen LogP contribution in [0.15, 0.2) is 24.3 Å². The van der Waals surface area contributed by atoms with Gasteiger partial charge in [-0.15, -0.1) is 0 Å². The molecule has 0 aliphatic carbocycles. The second kappa shape index (κ2) is 3.76. The van der Waals surface area contributed by atoms with Gasteiger partial charge in [-0.2, -0.15) is 13.2 Å². The molecule has 0 spiro atoms. The molecule has 1 saturated heterocycles. The summed E-state index contributed by atoms with van der Waals surface area (Å²) in [6.45, 7) is 0. The van der Waals surface area contributed by atoms with Crippen molar-refractivity contribution in [3.8, 4) is 0 Å². The second-order valence-corrected chi connectivity index (χ2v) is 3.29. The van der Waals surface area contributed by atoms with E-state index in [0.717, 1.165) is 24.3 Å². The molecule has 0 bridgehead atoms. The number of cyclic esters (lactones) is 3. The van der Waals surface area contributed by atoms with Gasteiger partial charge >= 0.3 is 18.3 Å². The van der Waals surface area contributed by atoms with Gasteiger partial charge in [-0.3, -0.25) is 0 Å². The molecular formula is C10H5F3O4. The van der Waals surface area contributed by atoms with Gasteiger partial charge in [0.2, 0.25) is 6.10 Å². The van der Waals surface area contributed by atoms with Crippen LogP contribution in [-0.2, 0) is 20.4 Å². The highest BCUT2D eigenvalue weighted by molar-refractivity contribution is 5.91. The van der Waals surface area contributed by atoms with E-state index in [9.17, 15) is 22.8 Å². The van der Waals surface area contributed by atoms with Crippen molar-refractivity contribution in [2.75, 3.05) is 0 Å². The minimum absolute atomic E-state index is 0.133. The first kappa shape index (κ1) is 11.4. The lowest BCUT2D eigenvalue weighted by Crippen LogP contribution is -2.09. The lowest BCUT2D eigenvalue weighted by molar-refractivity contribution is -0.137. The molecule has 0 saturated carbocycles. The van der Waals surface area contributed by atoms with Crippen molar-refractivity contribution in [1.29, 1.82) is 0 Å². The van der Waals surface area contributed by atoms with E-state index < -0.39 is 30.0 Å². The normalized spacial score (nSPS) is 20.1. The maximum Gasteiger partial charge on any atom is 0.517 e. The zero-order chi connectivity index (χ0) is 12.6. The lowest BCUT2D eigenvalue weighted by Gasteiger charge is -2.08. The van der Waals surface area contributed by atoms with Crippen molar-refractivity contribution in [1.82, 2.24) is 0 Å². The number of halogens is 3. The quantitative estimate of drug-likeness (QED) is 0.564. The summed E-state index contributed by atoms with van der Waals surface area (Å²) in [5.74, 6) is -0.935. The van der Waals surface area contributed by atoms with Crippen molar-refractivity contribution in [2.45, 2.75) is 12.3 Å². The first-order chi connectivity index (χ1) is 7.88. The number of alkyl halides is 3. The number of hydrogen-bond acceptors (Lipinski definition) is 4. The van der Waals surface area contributed by atoms with Gasteiger partial charge in [-0.05, 0) is 12.1 Å². The molecular weight excluding hydrogens is 241 g/mol. The third-order valence-corrected chi connectivity index (χ3v) is 2.15. The third-order valence-electron chi connectivity index (χ3n) is 2.15. The Bertz CT molecular complexity index is 463. The number of esters is 1. The summed E-state index contributed by atoms with van der Waals surface area (Å²) in [5.41, 5.74) is -0.715. The van der Waals surface area contributed by atoms with E-state index in [1.54, 1.807) is 0 Å². The molecule has 90 valence electrons. The van der Waals surface area contributed by atoms with E-state index >= 15 is 0 Å². The molecule has 0 amide bonds. The van der Waals surface area contributed by atoms with Crippen molar-refractivity contribution in [3.05, 3.63) is 35.4 Å². The predicted octanol–water partition coefficient (Wildman–Crippen LogP) is 2.44. The summed E-state index contributed by atoms with van der Waals surface area (Å²) in [6.07, 6.45) is -6.89. The highest BCUT2D eigenvalue weighted by atomic mass is 19.4. The zero-order valence-electron chi connectivity index (χ0n) is 8.15. The Morgan fingerprint density at radius 2 is 1.65 bits per heavy atom. The molecule has 7 heteroatoms. The largest absolute Gasteiger partial charge is 0.517 e. The summed E-state index contributed by atoms with van der Waals surface area (Å²) in [6, 6.07) is 3.73. The van der Waals surface area contributed by atoms with Crippen LogP contribution in [0, 0.1) is 0 Å². The Kier molecular flexibility index (Phi) is 2.53. The van der Waals surface area contributed by atoms with Gasteiger partial charge < -0.3 is 9.47 Å². The van der Waals surface area contributed by atoms with Crippen molar-refractivity contribution in [3.63, 3.8) is 0 Å². The third kappa shape index (κ3) is 2.22. The van der Waals surface area contributed by atoms with Crippen molar-refractivity contribution < 1.29 is 32.2 Å². The van der Waals surface area contributed by atoms with E-state index in [4.69, 9.17) is 0 Å². The smallest absolute Gasteiger partial charge is 0.414 e. The van der Waals surface area contributed by atoms with Gasteiger partial charge in [0, 0.05) is 5.56 Å². The maximum absolute atomic E-state index is 12.3. The molecule has 0 radical (unpaired) electrons. The molecule has 1 aliphatic rings. The van der Waals surface area contributed by atoms with E-state index in [1.807, 2.05) is 0 Å². The van der Waals surface area contributed by atoms with Crippen LogP contribution in [0.4, 0.5) is 18.0 Å². The molecule has 2 rings (SSSR count). The van der Waals surface area contributed by atoms with Crippen LogP contribution >= 0.6 is 0 Å². The molecule has 4 nitrogen and oxygen atoms in total. The number of rotatable bonds is 1. The van der Waals surface area contributed by atoms with Crippen LogP contribution in [0.25, 0.3) is 0 Å². The molecule has 1 atom stereocenters. The Hall–Kier alpha value is -2.05. The highest BCUT2D eigenvalue weighted by Crippen LogP contribution is 2.31. The topological polar surface area (TPSA) is 52.6 Å². The standard InChI is InChI=1S/C10H5F3O4/c11-10(12,13)6-3-1-5(2-4-6)7-8(14)17-9(15)16-7/h1-4,7H. The van der Waals surface area contributed by atoms with Gasteiger partial charge in [0.05, 0.1) is 5.56 Å². The molecule has 1 fully saturated rings. The van der Waals surface area contributed by atoms with E-state index in [0.29, 0.717) is 0 Å². The number of carbonyl (C=O) groups is 2. The van der Waals surface area contributed by atoms with Crippen LogP contribution in [0.1, 0.15) is 17.2 Å². The summed E-state index contributed by atoms with van der Waals surface area (Å²) >= 11 is 0. The zero-order valence-corrected chi connectivity index (χ0v) is 8.15. The van der Waals surface area contributed by atoms with Gasteiger partial charge in [0.15, 0.2) is 0 Å². The van der Waals surface area contributed by atoms with Gasteiger partial charge in [0.25, 0.3) is 0 Å². The van der Waals surface area contributed by atoms with Crippen LogP contribution in [0.3, 0.4) is 0 Å². The maximum atomic E-state index is 12.3. The van der Waals surface area contributed by atoms with Crippen LogP contribution in [0.2, 0.25) is 0 Å². The fraction of sp³-hybridized carbons (Fsp3) is 0.200. The Morgan fingerprint density at radius 1 is 1.06 bits per heavy atom. The van der Waals surface area contributed by atoms with Crippen LogP contribution < -0.4 is 0 Å².